The summed E-state index contributed by atoms with van der Waals surface area (Å²) in [5.41, 5.74) is -0.758. The van der Waals surface area contributed by atoms with Crippen LogP contribution in [0.4, 0.5) is 5.69 Å². The molecule has 1 aliphatic carbocycles. The number of morpholine rings is 1. The van der Waals surface area contributed by atoms with E-state index in [4.69, 9.17) is 32.7 Å². The van der Waals surface area contributed by atoms with Gasteiger partial charge in [0.25, 0.3) is 0 Å². The van der Waals surface area contributed by atoms with Crippen molar-refractivity contribution in [2.75, 3.05) is 44.7 Å². The number of hydrogen-bond donors (Lipinski definition) is 2. The summed E-state index contributed by atoms with van der Waals surface area (Å²) in [6.45, 7) is 8.23. The van der Waals surface area contributed by atoms with Gasteiger partial charge in [-0.1, -0.05) is 62.0 Å². The van der Waals surface area contributed by atoms with Crippen molar-refractivity contribution in [1.82, 2.24) is 15.1 Å². The van der Waals surface area contributed by atoms with Crippen molar-refractivity contribution < 1.29 is 23.9 Å². The molecule has 8 atom stereocenters. The second-order valence-electron chi connectivity index (χ2n) is 12.2. The average Bonchev–Trinajstić information content (AvgIpc) is 3.57. The van der Waals surface area contributed by atoms with Crippen LogP contribution in [0.3, 0.4) is 0 Å². The van der Waals surface area contributed by atoms with E-state index in [1.54, 1.807) is 23.1 Å². The first-order valence-corrected chi connectivity index (χ1v) is 15.5. The van der Waals surface area contributed by atoms with Crippen LogP contribution < -0.4 is 10.6 Å². The maximum Gasteiger partial charge on any atom is 0.246 e. The summed E-state index contributed by atoms with van der Waals surface area (Å²) in [5.74, 6) is -1.55. The minimum atomic E-state index is -1.20. The molecule has 1 saturated carbocycles. The molecule has 4 heterocycles. The highest BCUT2D eigenvalue weighted by Gasteiger charge is 2.72. The second kappa shape index (κ2) is 11.5. The number of rotatable bonds is 7. The second-order valence-corrected chi connectivity index (χ2v) is 13.1. The molecule has 222 valence electrons. The van der Waals surface area contributed by atoms with Gasteiger partial charge in [0.2, 0.25) is 17.7 Å². The first kappa shape index (κ1) is 28.9. The van der Waals surface area contributed by atoms with Gasteiger partial charge in [-0.15, -0.1) is 0 Å². The molecule has 3 amide bonds. The number of likely N-dealkylation sites (tertiary alicyclic amines) is 1. The molecule has 1 aromatic carbocycles. The molecule has 4 fully saturated rings. The molecule has 1 spiro atoms. The van der Waals surface area contributed by atoms with Crippen LogP contribution >= 0.6 is 23.2 Å². The van der Waals surface area contributed by atoms with E-state index in [-0.39, 0.29) is 23.8 Å². The summed E-state index contributed by atoms with van der Waals surface area (Å²) in [6.07, 6.45) is 6.19. The lowest BCUT2D eigenvalue weighted by Crippen LogP contribution is -2.58. The highest BCUT2D eigenvalue weighted by Crippen LogP contribution is 2.55. The Balaban J connectivity index is 1.28. The van der Waals surface area contributed by atoms with Gasteiger partial charge in [-0.3, -0.25) is 19.3 Å². The van der Waals surface area contributed by atoms with E-state index >= 15 is 0 Å². The SMILES string of the molecule is CC1CCCC(NC(=O)C2N(CCN3CCOCC3)C(=O)[C@H]3C(C(=O)Nc4cc(Cl)cc(Cl)c4)[C@H]4C=CC23O4)C1C. The van der Waals surface area contributed by atoms with E-state index in [9.17, 15) is 14.4 Å². The van der Waals surface area contributed by atoms with Gasteiger partial charge >= 0.3 is 0 Å². The van der Waals surface area contributed by atoms with E-state index in [1.165, 1.54) is 0 Å². The van der Waals surface area contributed by atoms with Gasteiger partial charge in [-0.05, 0) is 36.5 Å². The van der Waals surface area contributed by atoms with Crippen molar-refractivity contribution in [1.29, 1.82) is 0 Å². The molecule has 1 aromatic rings. The Morgan fingerprint density at radius 2 is 1.78 bits per heavy atom. The quantitative estimate of drug-likeness (QED) is 0.463. The van der Waals surface area contributed by atoms with Crippen LogP contribution in [0.1, 0.15) is 33.1 Å². The summed E-state index contributed by atoms with van der Waals surface area (Å²) in [5, 5.41) is 6.97. The zero-order chi connectivity index (χ0) is 28.9. The molecule has 3 saturated heterocycles. The zero-order valence-corrected chi connectivity index (χ0v) is 25.0. The topological polar surface area (TPSA) is 100 Å². The molecule has 4 aliphatic heterocycles. The monoisotopic (exact) mass is 604 g/mol. The van der Waals surface area contributed by atoms with Crippen molar-refractivity contribution in [3.8, 4) is 0 Å². The Labute approximate surface area is 250 Å². The third-order valence-corrected chi connectivity index (χ3v) is 10.3. The molecule has 11 heteroatoms. The Morgan fingerprint density at radius 1 is 1.05 bits per heavy atom. The molecular formula is C30H38Cl2N4O5. The van der Waals surface area contributed by atoms with Crippen molar-refractivity contribution in [3.63, 3.8) is 0 Å². The first-order valence-electron chi connectivity index (χ1n) is 14.7. The van der Waals surface area contributed by atoms with Gasteiger partial charge in [0, 0.05) is 48.0 Å². The van der Waals surface area contributed by atoms with Crippen LogP contribution in [0, 0.1) is 23.7 Å². The van der Waals surface area contributed by atoms with E-state index < -0.39 is 29.6 Å². The fraction of sp³-hybridized carbons (Fsp3) is 0.633. The van der Waals surface area contributed by atoms with Crippen molar-refractivity contribution in [2.45, 2.75) is 56.9 Å². The molecular weight excluding hydrogens is 567 g/mol. The fourth-order valence-corrected chi connectivity index (χ4v) is 8.01. The van der Waals surface area contributed by atoms with Crippen molar-refractivity contribution >= 4 is 46.6 Å². The van der Waals surface area contributed by atoms with E-state index in [0.29, 0.717) is 53.9 Å². The maximum atomic E-state index is 14.2. The summed E-state index contributed by atoms with van der Waals surface area (Å²) < 4.78 is 12.0. The molecule has 0 aromatic heterocycles. The average molecular weight is 606 g/mol. The Hall–Kier alpha value is -2.17. The summed E-state index contributed by atoms with van der Waals surface area (Å²) in [4.78, 5) is 46.0. The van der Waals surface area contributed by atoms with Gasteiger partial charge in [0.05, 0.1) is 31.2 Å². The third-order valence-electron chi connectivity index (χ3n) is 9.85. The van der Waals surface area contributed by atoms with Crippen LogP contribution in [0.2, 0.25) is 10.0 Å². The van der Waals surface area contributed by atoms with Crippen LogP contribution in [0.15, 0.2) is 30.4 Å². The number of nitrogens with zero attached hydrogens (tertiary/aromatic N) is 2. The maximum absolute atomic E-state index is 14.2. The van der Waals surface area contributed by atoms with Crippen LogP contribution in [0.25, 0.3) is 0 Å². The molecule has 2 bridgehead atoms. The number of carbonyl (C=O) groups is 3. The van der Waals surface area contributed by atoms with Crippen molar-refractivity contribution in [2.24, 2.45) is 23.7 Å². The highest BCUT2D eigenvalue weighted by atomic mass is 35.5. The standard InChI is InChI=1S/C30H38Cl2N4O5/c1-17-4-3-5-22(18(17)2)34-28(38)26-30-7-6-23(41-30)24(27(37)33-21-15-19(31)14-20(32)16-21)25(30)29(39)36(26)9-8-35-10-12-40-13-11-35/h6-7,14-18,22-26H,3-5,8-13H2,1-2H3,(H,33,37)(H,34,38)/t17?,18?,22?,23-,24?,25-,26?,30?/m1/s1. The highest BCUT2D eigenvalue weighted by molar-refractivity contribution is 6.35. The number of ether oxygens (including phenoxy) is 2. The Morgan fingerprint density at radius 3 is 2.51 bits per heavy atom. The number of halogens is 2. The molecule has 2 N–H and O–H groups in total. The molecule has 5 aliphatic rings. The third kappa shape index (κ3) is 5.29. The predicted molar refractivity (Wildman–Crippen MR) is 156 cm³/mol. The van der Waals surface area contributed by atoms with E-state index in [0.717, 1.165) is 32.4 Å². The molecule has 0 radical (unpaired) electrons. The van der Waals surface area contributed by atoms with Crippen LogP contribution in [-0.4, -0.2) is 90.7 Å². The van der Waals surface area contributed by atoms with Gasteiger partial charge < -0.3 is 25.0 Å². The lowest BCUT2D eigenvalue weighted by molar-refractivity contribution is -0.142. The van der Waals surface area contributed by atoms with Crippen LogP contribution in [0.5, 0.6) is 0 Å². The Bertz CT molecular complexity index is 1220. The lowest BCUT2D eigenvalue weighted by atomic mass is 9.73. The van der Waals surface area contributed by atoms with Crippen molar-refractivity contribution in [3.05, 3.63) is 40.4 Å². The van der Waals surface area contributed by atoms with Gasteiger partial charge in [0.15, 0.2) is 0 Å². The van der Waals surface area contributed by atoms with Gasteiger partial charge in [0.1, 0.15) is 11.6 Å². The summed E-state index contributed by atoms with van der Waals surface area (Å²) in [7, 11) is 0. The first-order chi connectivity index (χ1) is 19.7. The molecule has 9 nitrogen and oxygen atoms in total. The van der Waals surface area contributed by atoms with Crippen LogP contribution in [-0.2, 0) is 23.9 Å². The number of anilines is 1. The van der Waals surface area contributed by atoms with Gasteiger partial charge in [-0.25, -0.2) is 0 Å². The van der Waals surface area contributed by atoms with E-state index in [1.807, 2.05) is 12.2 Å². The van der Waals surface area contributed by atoms with E-state index in [2.05, 4.69) is 29.4 Å². The minimum absolute atomic E-state index is 0.0344. The number of hydrogen-bond acceptors (Lipinski definition) is 6. The summed E-state index contributed by atoms with van der Waals surface area (Å²) >= 11 is 12.3. The number of benzene rings is 1. The number of amides is 3. The molecule has 41 heavy (non-hydrogen) atoms. The largest absolute Gasteiger partial charge is 0.379 e. The summed E-state index contributed by atoms with van der Waals surface area (Å²) in [6, 6.07) is 3.98. The lowest BCUT2D eigenvalue weighted by Gasteiger charge is -2.38. The normalized spacial score (nSPS) is 36.4. The zero-order valence-electron chi connectivity index (χ0n) is 23.5. The number of nitrogens with one attached hydrogen (secondary N) is 2. The molecule has 6 rings (SSSR count). The molecule has 6 unspecified atom stereocenters. The fourth-order valence-electron chi connectivity index (χ4n) is 7.48. The number of carbonyl (C=O) groups excluding carboxylic acids is 3. The minimum Gasteiger partial charge on any atom is -0.379 e. The Kier molecular flexibility index (Phi) is 8.11. The predicted octanol–water partition coefficient (Wildman–Crippen LogP) is 3.36. The smallest absolute Gasteiger partial charge is 0.246 e. The number of fused-ring (bicyclic) bond motifs is 1. The van der Waals surface area contributed by atoms with Gasteiger partial charge in [-0.2, -0.15) is 0 Å².